The zero-order valence-electron chi connectivity index (χ0n) is 11.5. The van der Waals surface area contributed by atoms with Crippen LogP contribution in [0.15, 0.2) is 42.5 Å². The number of anilines is 1. The van der Waals surface area contributed by atoms with E-state index >= 15 is 0 Å². The highest BCUT2D eigenvalue weighted by molar-refractivity contribution is 6.35. The predicted molar refractivity (Wildman–Crippen MR) is 86.0 cm³/mol. The van der Waals surface area contributed by atoms with Gasteiger partial charge in [0.1, 0.15) is 5.75 Å². The third-order valence-corrected chi connectivity index (χ3v) is 3.32. The van der Waals surface area contributed by atoms with Crippen LogP contribution in [0, 0.1) is 0 Å². The van der Waals surface area contributed by atoms with E-state index in [0.29, 0.717) is 16.6 Å². The van der Waals surface area contributed by atoms with Gasteiger partial charge in [0.2, 0.25) is 0 Å². The smallest absolute Gasteiger partial charge is 0.142 e. The Labute approximate surface area is 129 Å². The summed E-state index contributed by atoms with van der Waals surface area (Å²) in [6.45, 7) is 4.63. The minimum absolute atomic E-state index is 0.136. The Morgan fingerprint density at radius 2 is 1.85 bits per heavy atom. The van der Waals surface area contributed by atoms with E-state index in [4.69, 9.17) is 27.9 Å². The van der Waals surface area contributed by atoms with Crippen LogP contribution in [0.3, 0.4) is 0 Å². The quantitative estimate of drug-likeness (QED) is 0.799. The van der Waals surface area contributed by atoms with Crippen molar-refractivity contribution >= 4 is 28.9 Å². The third-order valence-electron chi connectivity index (χ3n) is 2.73. The molecule has 0 spiro atoms. The van der Waals surface area contributed by atoms with Crippen LogP contribution >= 0.6 is 23.2 Å². The Bertz CT molecular complexity index is 584. The maximum atomic E-state index is 6.16. The Kier molecular flexibility index (Phi) is 5.16. The number of ether oxygens (including phenoxy) is 1. The van der Waals surface area contributed by atoms with Gasteiger partial charge in [-0.25, -0.2) is 0 Å². The number of nitrogens with one attached hydrogen (secondary N) is 1. The van der Waals surface area contributed by atoms with Gasteiger partial charge in [-0.3, -0.25) is 0 Å². The molecule has 1 N–H and O–H groups in total. The van der Waals surface area contributed by atoms with Crippen LogP contribution in [-0.2, 0) is 6.54 Å². The Hall–Kier alpha value is -1.38. The van der Waals surface area contributed by atoms with Gasteiger partial charge in [-0.2, -0.15) is 0 Å². The normalized spacial score (nSPS) is 10.7. The number of hydrogen-bond donors (Lipinski definition) is 1. The molecule has 2 aromatic carbocycles. The number of para-hydroxylation sites is 2. The molecule has 20 heavy (non-hydrogen) atoms. The molecule has 2 rings (SSSR count). The molecule has 2 nitrogen and oxygen atoms in total. The summed E-state index contributed by atoms with van der Waals surface area (Å²) in [7, 11) is 0. The Morgan fingerprint density at radius 3 is 2.55 bits per heavy atom. The van der Waals surface area contributed by atoms with Gasteiger partial charge < -0.3 is 10.1 Å². The average molecular weight is 310 g/mol. The van der Waals surface area contributed by atoms with Gasteiger partial charge in [0.25, 0.3) is 0 Å². The van der Waals surface area contributed by atoms with E-state index in [2.05, 4.69) is 5.32 Å². The van der Waals surface area contributed by atoms with Crippen molar-refractivity contribution < 1.29 is 4.74 Å². The van der Waals surface area contributed by atoms with Crippen molar-refractivity contribution in [2.45, 2.75) is 26.5 Å². The van der Waals surface area contributed by atoms with Crippen LogP contribution in [0.1, 0.15) is 19.4 Å². The molecule has 0 amide bonds. The van der Waals surface area contributed by atoms with Gasteiger partial charge in [0.05, 0.1) is 11.8 Å². The van der Waals surface area contributed by atoms with E-state index in [1.165, 1.54) is 0 Å². The van der Waals surface area contributed by atoms with E-state index in [1.807, 2.05) is 50.2 Å². The van der Waals surface area contributed by atoms with Gasteiger partial charge in [-0.05, 0) is 43.7 Å². The first-order chi connectivity index (χ1) is 9.56. The molecule has 0 aliphatic rings. The fraction of sp³-hybridized carbons (Fsp3) is 0.250. The summed E-state index contributed by atoms with van der Waals surface area (Å²) >= 11 is 12.1. The molecule has 0 radical (unpaired) electrons. The van der Waals surface area contributed by atoms with E-state index in [1.54, 1.807) is 6.07 Å². The maximum absolute atomic E-state index is 6.16. The summed E-state index contributed by atoms with van der Waals surface area (Å²) in [6, 6.07) is 13.4. The third kappa shape index (κ3) is 4.06. The Morgan fingerprint density at radius 1 is 1.10 bits per heavy atom. The lowest BCUT2D eigenvalue weighted by Crippen LogP contribution is -2.08. The van der Waals surface area contributed by atoms with Crippen molar-refractivity contribution in [1.29, 1.82) is 0 Å². The van der Waals surface area contributed by atoms with Crippen molar-refractivity contribution in [3.63, 3.8) is 0 Å². The SMILES string of the molecule is CC(C)Oc1ccccc1NCc1ccc(Cl)cc1Cl. The first kappa shape index (κ1) is 15.0. The zero-order chi connectivity index (χ0) is 14.5. The van der Waals surface area contributed by atoms with E-state index in [-0.39, 0.29) is 6.10 Å². The zero-order valence-corrected chi connectivity index (χ0v) is 13.0. The summed E-state index contributed by atoms with van der Waals surface area (Å²) in [5.74, 6) is 0.840. The number of rotatable bonds is 5. The molecule has 4 heteroatoms. The van der Waals surface area contributed by atoms with Gasteiger partial charge in [-0.15, -0.1) is 0 Å². The molecule has 0 saturated carbocycles. The van der Waals surface area contributed by atoms with Gasteiger partial charge >= 0.3 is 0 Å². The fourth-order valence-corrected chi connectivity index (χ4v) is 2.30. The summed E-state index contributed by atoms with van der Waals surface area (Å²) in [6.07, 6.45) is 0.136. The fourth-order valence-electron chi connectivity index (χ4n) is 1.82. The highest BCUT2D eigenvalue weighted by Gasteiger charge is 2.06. The van der Waals surface area contributed by atoms with Crippen LogP contribution in [0.5, 0.6) is 5.75 Å². The molecule has 2 aromatic rings. The van der Waals surface area contributed by atoms with Crippen LogP contribution < -0.4 is 10.1 Å². The van der Waals surface area contributed by atoms with Crippen LogP contribution in [0.2, 0.25) is 10.0 Å². The van der Waals surface area contributed by atoms with Crippen LogP contribution in [0.25, 0.3) is 0 Å². The summed E-state index contributed by atoms with van der Waals surface area (Å²) < 4.78 is 5.77. The standard InChI is InChI=1S/C16H17Cl2NO/c1-11(2)20-16-6-4-3-5-15(16)19-10-12-7-8-13(17)9-14(12)18/h3-9,11,19H,10H2,1-2H3. The highest BCUT2D eigenvalue weighted by Crippen LogP contribution is 2.27. The second-order valence-electron chi connectivity index (χ2n) is 4.75. The van der Waals surface area contributed by atoms with Crippen LogP contribution in [0.4, 0.5) is 5.69 Å². The molecule has 0 atom stereocenters. The lowest BCUT2D eigenvalue weighted by Gasteiger charge is -2.15. The van der Waals surface area contributed by atoms with E-state index < -0.39 is 0 Å². The van der Waals surface area contributed by atoms with Gasteiger partial charge in [0.15, 0.2) is 0 Å². The number of benzene rings is 2. The highest BCUT2D eigenvalue weighted by atomic mass is 35.5. The second kappa shape index (κ2) is 6.87. The molecular formula is C16H17Cl2NO. The van der Waals surface area contributed by atoms with Crippen LogP contribution in [-0.4, -0.2) is 6.10 Å². The van der Waals surface area contributed by atoms with Crippen molar-refractivity contribution in [2.75, 3.05) is 5.32 Å². The van der Waals surface area contributed by atoms with Crippen molar-refractivity contribution in [2.24, 2.45) is 0 Å². The molecular weight excluding hydrogens is 293 g/mol. The molecule has 0 aliphatic carbocycles. The topological polar surface area (TPSA) is 21.3 Å². The lowest BCUT2D eigenvalue weighted by molar-refractivity contribution is 0.243. The molecule has 0 unspecified atom stereocenters. The second-order valence-corrected chi connectivity index (χ2v) is 5.60. The van der Waals surface area contributed by atoms with Crippen molar-refractivity contribution in [3.05, 3.63) is 58.1 Å². The summed E-state index contributed by atoms with van der Waals surface area (Å²) in [4.78, 5) is 0. The molecule has 106 valence electrons. The first-order valence-corrected chi connectivity index (χ1v) is 7.25. The molecule has 0 aliphatic heterocycles. The molecule has 0 fully saturated rings. The summed E-state index contributed by atoms with van der Waals surface area (Å²) in [5, 5.41) is 4.64. The van der Waals surface area contributed by atoms with Gasteiger partial charge in [0, 0.05) is 16.6 Å². The number of halogens is 2. The lowest BCUT2D eigenvalue weighted by atomic mass is 10.2. The maximum Gasteiger partial charge on any atom is 0.142 e. The molecule has 0 aromatic heterocycles. The van der Waals surface area contributed by atoms with E-state index in [9.17, 15) is 0 Å². The van der Waals surface area contributed by atoms with E-state index in [0.717, 1.165) is 17.0 Å². The minimum atomic E-state index is 0.136. The van der Waals surface area contributed by atoms with Gasteiger partial charge in [-0.1, -0.05) is 41.4 Å². The average Bonchev–Trinajstić information content (AvgIpc) is 2.39. The molecule has 0 bridgehead atoms. The Balaban J connectivity index is 2.10. The van der Waals surface area contributed by atoms with Crippen molar-refractivity contribution in [3.8, 4) is 5.75 Å². The molecule has 0 saturated heterocycles. The number of hydrogen-bond acceptors (Lipinski definition) is 2. The monoisotopic (exact) mass is 309 g/mol. The molecule has 0 heterocycles. The summed E-state index contributed by atoms with van der Waals surface area (Å²) in [5.41, 5.74) is 1.95. The largest absolute Gasteiger partial charge is 0.489 e. The first-order valence-electron chi connectivity index (χ1n) is 6.49. The van der Waals surface area contributed by atoms with Crippen molar-refractivity contribution in [1.82, 2.24) is 0 Å². The predicted octanol–water partition coefficient (Wildman–Crippen LogP) is 5.39. The minimum Gasteiger partial charge on any atom is -0.489 e.